The highest BCUT2D eigenvalue weighted by molar-refractivity contribution is 9.09. The largest absolute Gasteiger partial charge is 0.466 e. The first-order valence-corrected chi connectivity index (χ1v) is 7.53. The van der Waals surface area contributed by atoms with E-state index in [9.17, 15) is 4.79 Å². The van der Waals surface area contributed by atoms with Crippen molar-refractivity contribution in [3.05, 3.63) is 0 Å². The van der Waals surface area contributed by atoms with Gasteiger partial charge in [0.2, 0.25) is 0 Å². The van der Waals surface area contributed by atoms with Crippen LogP contribution in [0.2, 0.25) is 0 Å². The quantitative estimate of drug-likeness (QED) is 0.533. The smallest absolute Gasteiger partial charge is 0.309 e. The van der Waals surface area contributed by atoms with Crippen molar-refractivity contribution in [2.75, 3.05) is 19.8 Å². The minimum Gasteiger partial charge on any atom is -0.466 e. The first-order valence-electron chi connectivity index (χ1n) is 6.62. The maximum atomic E-state index is 11.7. The van der Waals surface area contributed by atoms with Crippen LogP contribution in [-0.2, 0) is 19.0 Å². The summed E-state index contributed by atoms with van der Waals surface area (Å²) >= 11 is 3.59. The Hall–Kier alpha value is -0.130. The Labute approximate surface area is 117 Å². The molecule has 4 atom stereocenters. The highest BCUT2D eigenvalue weighted by Crippen LogP contribution is 2.34. The Morgan fingerprint density at radius 2 is 2.06 bits per heavy atom. The second kappa shape index (κ2) is 8.12. The zero-order valence-corrected chi connectivity index (χ0v) is 12.9. The fourth-order valence-electron chi connectivity index (χ4n) is 2.16. The molecular formula is C13H23BrO4. The predicted octanol–water partition coefficient (Wildman–Crippen LogP) is 2.53. The number of carbonyl (C=O) groups is 1. The molecule has 1 rings (SSSR count). The second-order valence-electron chi connectivity index (χ2n) is 4.58. The normalized spacial score (nSPS) is 29.2. The zero-order chi connectivity index (χ0) is 13.5. The highest BCUT2D eigenvalue weighted by atomic mass is 79.9. The van der Waals surface area contributed by atoms with Crippen LogP contribution in [0.15, 0.2) is 0 Å². The molecule has 0 N–H and O–H groups in total. The van der Waals surface area contributed by atoms with Crippen LogP contribution >= 0.6 is 15.9 Å². The summed E-state index contributed by atoms with van der Waals surface area (Å²) in [5.41, 5.74) is 0. The van der Waals surface area contributed by atoms with Gasteiger partial charge in [-0.05, 0) is 33.6 Å². The molecule has 0 radical (unpaired) electrons. The van der Waals surface area contributed by atoms with Gasteiger partial charge in [-0.3, -0.25) is 4.79 Å². The van der Waals surface area contributed by atoms with Gasteiger partial charge in [-0.15, -0.1) is 0 Å². The monoisotopic (exact) mass is 322 g/mol. The van der Waals surface area contributed by atoms with E-state index in [4.69, 9.17) is 14.2 Å². The second-order valence-corrected chi connectivity index (χ2v) is 5.76. The van der Waals surface area contributed by atoms with Crippen molar-refractivity contribution < 1.29 is 19.0 Å². The number of hydrogen-bond donors (Lipinski definition) is 0. The Morgan fingerprint density at radius 3 is 2.67 bits per heavy atom. The lowest BCUT2D eigenvalue weighted by atomic mass is 10.1. The van der Waals surface area contributed by atoms with Gasteiger partial charge < -0.3 is 14.2 Å². The maximum absolute atomic E-state index is 11.7. The van der Waals surface area contributed by atoms with E-state index >= 15 is 0 Å². The third-order valence-electron chi connectivity index (χ3n) is 3.01. The molecule has 1 fully saturated rings. The number of rotatable bonds is 7. The summed E-state index contributed by atoms with van der Waals surface area (Å²) in [5, 5.41) is 0. The number of hydrogen-bond acceptors (Lipinski definition) is 4. The molecule has 1 aliphatic rings. The summed E-state index contributed by atoms with van der Waals surface area (Å²) in [5.74, 6) is -0.149. The molecule has 18 heavy (non-hydrogen) atoms. The van der Waals surface area contributed by atoms with Crippen LogP contribution in [0.5, 0.6) is 0 Å². The molecule has 1 saturated carbocycles. The molecule has 0 aliphatic heterocycles. The van der Waals surface area contributed by atoms with Crippen molar-refractivity contribution in [2.24, 2.45) is 5.92 Å². The van der Waals surface area contributed by atoms with Crippen molar-refractivity contribution in [3.63, 3.8) is 0 Å². The third-order valence-corrected chi connectivity index (χ3v) is 3.98. The summed E-state index contributed by atoms with van der Waals surface area (Å²) in [6.45, 7) is 7.52. The topological polar surface area (TPSA) is 44.8 Å². The first-order chi connectivity index (χ1) is 8.58. The molecule has 0 aromatic heterocycles. The summed E-state index contributed by atoms with van der Waals surface area (Å²) in [6, 6.07) is 0. The van der Waals surface area contributed by atoms with E-state index in [0.717, 1.165) is 12.8 Å². The number of halogens is 1. The van der Waals surface area contributed by atoms with E-state index in [1.165, 1.54) is 0 Å². The van der Waals surface area contributed by atoms with Gasteiger partial charge in [0.1, 0.15) is 0 Å². The van der Waals surface area contributed by atoms with Gasteiger partial charge >= 0.3 is 5.97 Å². The third kappa shape index (κ3) is 4.86. The van der Waals surface area contributed by atoms with E-state index in [0.29, 0.717) is 19.8 Å². The number of alkyl halides is 1. The van der Waals surface area contributed by atoms with Gasteiger partial charge in [-0.25, -0.2) is 0 Å². The van der Waals surface area contributed by atoms with Gasteiger partial charge in [0.05, 0.1) is 31.3 Å². The first kappa shape index (κ1) is 15.9. The molecule has 0 aromatic rings. The SMILES string of the molecule is CCOCC(C)OC1CC(C(=O)OCC)CC1Br. The molecule has 0 aromatic carbocycles. The Kier molecular flexibility index (Phi) is 7.19. The van der Waals surface area contributed by atoms with E-state index in [1.54, 1.807) is 0 Å². The molecule has 0 heterocycles. The lowest BCUT2D eigenvalue weighted by Crippen LogP contribution is -2.27. The molecule has 5 heteroatoms. The summed E-state index contributed by atoms with van der Waals surface area (Å²) < 4.78 is 16.3. The van der Waals surface area contributed by atoms with Gasteiger partial charge in [0.25, 0.3) is 0 Å². The van der Waals surface area contributed by atoms with Crippen LogP contribution in [0, 0.1) is 5.92 Å². The van der Waals surface area contributed by atoms with Crippen LogP contribution in [0.25, 0.3) is 0 Å². The van der Waals surface area contributed by atoms with Crippen LogP contribution in [-0.4, -0.2) is 42.8 Å². The Balaban J connectivity index is 2.37. The Bertz CT molecular complexity index is 259. The molecular weight excluding hydrogens is 300 g/mol. The zero-order valence-electron chi connectivity index (χ0n) is 11.4. The fraction of sp³-hybridized carbons (Fsp3) is 0.923. The predicted molar refractivity (Wildman–Crippen MR) is 72.9 cm³/mol. The average molecular weight is 323 g/mol. The van der Waals surface area contributed by atoms with Gasteiger partial charge in [0, 0.05) is 11.4 Å². The molecule has 1 aliphatic carbocycles. The molecule has 0 bridgehead atoms. The fourth-order valence-corrected chi connectivity index (χ4v) is 2.95. The lowest BCUT2D eigenvalue weighted by molar-refractivity contribution is -0.148. The summed E-state index contributed by atoms with van der Waals surface area (Å²) in [7, 11) is 0. The van der Waals surface area contributed by atoms with Crippen LogP contribution in [0.3, 0.4) is 0 Å². The van der Waals surface area contributed by atoms with Crippen LogP contribution in [0.1, 0.15) is 33.6 Å². The number of esters is 1. The van der Waals surface area contributed by atoms with Crippen molar-refractivity contribution in [3.8, 4) is 0 Å². The minimum atomic E-state index is -0.106. The molecule has 4 nitrogen and oxygen atoms in total. The average Bonchev–Trinajstić information content (AvgIpc) is 2.69. The summed E-state index contributed by atoms with van der Waals surface area (Å²) in [4.78, 5) is 11.9. The standard InChI is InChI=1S/C13H23BrO4/c1-4-16-8-9(3)18-12-7-10(6-11(12)14)13(15)17-5-2/h9-12H,4-8H2,1-3H3. The lowest BCUT2D eigenvalue weighted by Gasteiger charge is -2.20. The van der Waals surface area contributed by atoms with E-state index < -0.39 is 0 Å². The molecule has 0 saturated heterocycles. The minimum absolute atomic E-state index is 0.0429. The van der Waals surface area contributed by atoms with E-state index in [1.807, 2.05) is 20.8 Å². The molecule has 0 spiro atoms. The highest BCUT2D eigenvalue weighted by Gasteiger charge is 2.38. The maximum Gasteiger partial charge on any atom is 0.309 e. The number of carbonyl (C=O) groups excluding carboxylic acids is 1. The van der Waals surface area contributed by atoms with Gasteiger partial charge in [-0.2, -0.15) is 0 Å². The van der Waals surface area contributed by atoms with Gasteiger partial charge in [-0.1, -0.05) is 15.9 Å². The van der Waals surface area contributed by atoms with Crippen molar-refractivity contribution in [2.45, 2.75) is 50.6 Å². The van der Waals surface area contributed by atoms with Crippen LogP contribution in [0.4, 0.5) is 0 Å². The Morgan fingerprint density at radius 1 is 1.33 bits per heavy atom. The molecule has 0 amide bonds. The van der Waals surface area contributed by atoms with Crippen molar-refractivity contribution in [1.29, 1.82) is 0 Å². The van der Waals surface area contributed by atoms with E-state index in [2.05, 4.69) is 15.9 Å². The van der Waals surface area contributed by atoms with Crippen molar-refractivity contribution in [1.82, 2.24) is 0 Å². The van der Waals surface area contributed by atoms with Gasteiger partial charge in [0.15, 0.2) is 0 Å². The summed E-state index contributed by atoms with van der Waals surface area (Å²) in [6.07, 6.45) is 1.63. The molecule has 106 valence electrons. The molecule has 4 unspecified atom stereocenters. The van der Waals surface area contributed by atoms with Crippen molar-refractivity contribution >= 4 is 21.9 Å². The van der Waals surface area contributed by atoms with E-state index in [-0.39, 0.29) is 28.9 Å². The number of ether oxygens (including phenoxy) is 3. The van der Waals surface area contributed by atoms with Crippen LogP contribution < -0.4 is 0 Å².